The fraction of sp³-hybridized carbons (Fsp3) is 0.773. The van der Waals surface area contributed by atoms with E-state index < -0.39 is 222 Å². The summed E-state index contributed by atoms with van der Waals surface area (Å²) < 4.78 is 71.3. The zero-order chi connectivity index (χ0) is 57.6. The summed E-state index contributed by atoms with van der Waals surface area (Å²) in [5, 5.41) is 74.3. The number of nitrogens with one attached hydrogen (secondary N) is 4. The molecule has 0 bridgehead atoms. The molecule has 4 fully saturated rings. The van der Waals surface area contributed by atoms with Crippen LogP contribution in [-0.2, 0) is 110 Å². The molecule has 4 rings (SSSR count). The van der Waals surface area contributed by atoms with E-state index in [-0.39, 0.29) is 0 Å². The first kappa shape index (κ1) is 63.7. The molecule has 0 aliphatic carbocycles. The van der Waals surface area contributed by atoms with Gasteiger partial charge in [-0.25, -0.2) is 0 Å². The summed E-state index contributed by atoms with van der Waals surface area (Å²) in [5.74, 6) is -8.39. The summed E-state index contributed by atoms with van der Waals surface area (Å²) in [6.45, 7) is 4.21. The minimum atomic E-state index is -2.09. The molecular weight excluding hydrogens is 1050 g/mol. The monoisotopic (exact) mass is 1110 g/mol. The highest BCUT2D eigenvalue weighted by molar-refractivity contribution is 5.78. The van der Waals surface area contributed by atoms with Crippen LogP contribution in [0, 0.1) is 0 Å². The van der Waals surface area contributed by atoms with E-state index in [1.807, 2.05) is 0 Å². The molecule has 0 unspecified atom stereocenters. The van der Waals surface area contributed by atoms with E-state index in [0.717, 1.165) is 55.4 Å². The summed E-state index contributed by atoms with van der Waals surface area (Å²) >= 11 is 0. The summed E-state index contributed by atoms with van der Waals surface area (Å²) in [7, 11) is 0. The highest BCUT2D eigenvalue weighted by Gasteiger charge is 2.54. The standard InChI is InChI=1S/C44H66N4O29/c1-15(49)47-29-39(71-21(7)55)37(69-19(5)53)25(11-65-17(3)51)75-41(29)67-13-27(57)45-9-23-31(59)33(61)35(63)43(73-23)77-44-36(64)34(62)32(60)24(74-44)10-46-28(58)14-68-42-30(48-16(2)50)40(72-22(8)56)38(70-20(6)54)26(76-42)12-66-18(4)52/h23-26,29-44,59-64H,9-14H2,1-8H3,(H,45,57)(H,46,58)(H,47,49)(H,48,50)/t23-,24-,25-,26-,29-,30-,31-,32-,33+,34+,35-,36-,37-,38-,39-,40-,41-,42-,43-,44-/m1/s1. The second kappa shape index (κ2) is 29.2. The van der Waals surface area contributed by atoms with E-state index in [2.05, 4.69) is 21.3 Å². The number of carbonyl (C=O) groups excluding carboxylic acids is 10. The molecule has 4 aliphatic rings. The van der Waals surface area contributed by atoms with Crippen LogP contribution >= 0.6 is 0 Å². The van der Waals surface area contributed by atoms with Crippen molar-refractivity contribution >= 4 is 59.4 Å². The molecular formula is C44H66N4O29. The van der Waals surface area contributed by atoms with Crippen molar-refractivity contribution in [1.29, 1.82) is 0 Å². The van der Waals surface area contributed by atoms with Crippen LogP contribution in [0.5, 0.6) is 0 Å². The summed E-state index contributed by atoms with van der Waals surface area (Å²) in [5.41, 5.74) is 0. The average Bonchev–Trinajstić information content (AvgIpc) is 3.33. The zero-order valence-electron chi connectivity index (χ0n) is 42.9. The lowest BCUT2D eigenvalue weighted by molar-refractivity contribution is -0.372. The third-order valence-electron chi connectivity index (χ3n) is 11.5. The molecule has 0 aromatic heterocycles. The van der Waals surface area contributed by atoms with Gasteiger partial charge in [0.1, 0.15) is 99.6 Å². The molecule has 436 valence electrons. The number of rotatable bonds is 22. The maximum Gasteiger partial charge on any atom is 0.303 e. The molecule has 4 heterocycles. The Kier molecular flexibility index (Phi) is 24.2. The van der Waals surface area contributed by atoms with Crippen molar-refractivity contribution in [3.8, 4) is 0 Å². The van der Waals surface area contributed by atoms with Crippen LogP contribution in [0.2, 0.25) is 0 Å². The number of aliphatic hydroxyl groups excluding tert-OH is 6. The molecule has 0 radical (unpaired) electrons. The Morgan fingerprint density at radius 1 is 0.390 bits per heavy atom. The lowest BCUT2D eigenvalue weighted by Gasteiger charge is -2.45. The summed E-state index contributed by atoms with van der Waals surface area (Å²) in [4.78, 5) is 123. The fourth-order valence-electron chi connectivity index (χ4n) is 8.24. The number of hydrogen-bond donors (Lipinski definition) is 10. The van der Waals surface area contributed by atoms with E-state index in [1.165, 1.54) is 0 Å². The van der Waals surface area contributed by atoms with Gasteiger partial charge in [0, 0.05) is 68.5 Å². The first-order valence-corrected chi connectivity index (χ1v) is 23.7. The molecule has 77 heavy (non-hydrogen) atoms. The van der Waals surface area contributed by atoms with Crippen LogP contribution in [0.15, 0.2) is 0 Å². The minimum absolute atomic E-state index is 0.567. The first-order chi connectivity index (χ1) is 36.1. The molecule has 4 aliphatic heterocycles. The molecule has 4 saturated heterocycles. The molecule has 0 spiro atoms. The molecule has 33 nitrogen and oxygen atoms in total. The second-order valence-corrected chi connectivity index (χ2v) is 17.8. The first-order valence-electron chi connectivity index (χ1n) is 23.7. The Hall–Kier alpha value is -5.82. The van der Waals surface area contributed by atoms with Gasteiger partial charge in [0.25, 0.3) is 0 Å². The molecule has 4 amide bonds. The predicted octanol–water partition coefficient (Wildman–Crippen LogP) is -7.80. The maximum absolute atomic E-state index is 13.2. The third-order valence-corrected chi connectivity index (χ3v) is 11.5. The van der Waals surface area contributed by atoms with Crippen molar-refractivity contribution in [1.82, 2.24) is 21.3 Å². The zero-order valence-corrected chi connectivity index (χ0v) is 42.9. The lowest BCUT2D eigenvalue weighted by atomic mass is 9.96. The van der Waals surface area contributed by atoms with Crippen molar-refractivity contribution in [2.45, 2.75) is 178 Å². The van der Waals surface area contributed by atoms with Crippen LogP contribution in [0.4, 0.5) is 0 Å². The molecule has 0 aromatic rings. The Labute approximate surface area is 437 Å². The Morgan fingerprint density at radius 2 is 0.701 bits per heavy atom. The van der Waals surface area contributed by atoms with Crippen LogP contribution < -0.4 is 21.3 Å². The van der Waals surface area contributed by atoms with E-state index >= 15 is 0 Å². The molecule has 20 atom stereocenters. The minimum Gasteiger partial charge on any atom is -0.463 e. The summed E-state index contributed by atoms with van der Waals surface area (Å²) in [6, 6.07) is -2.86. The van der Waals surface area contributed by atoms with Gasteiger partial charge < -0.3 is 113 Å². The van der Waals surface area contributed by atoms with Gasteiger partial charge in [-0.3, -0.25) is 47.9 Å². The van der Waals surface area contributed by atoms with Gasteiger partial charge in [-0.2, -0.15) is 0 Å². The van der Waals surface area contributed by atoms with Crippen molar-refractivity contribution in [3.63, 3.8) is 0 Å². The average molecular weight is 1120 g/mol. The quantitative estimate of drug-likeness (QED) is 0.0356. The van der Waals surface area contributed by atoms with Crippen LogP contribution in [0.1, 0.15) is 55.4 Å². The fourth-order valence-corrected chi connectivity index (χ4v) is 8.24. The molecule has 0 saturated carbocycles. The van der Waals surface area contributed by atoms with Crippen LogP contribution in [0.25, 0.3) is 0 Å². The van der Waals surface area contributed by atoms with Crippen LogP contribution in [-0.4, -0.2) is 252 Å². The van der Waals surface area contributed by atoms with Gasteiger partial charge in [0.05, 0.1) is 0 Å². The number of aliphatic hydroxyl groups is 6. The number of hydrogen-bond acceptors (Lipinski definition) is 29. The van der Waals surface area contributed by atoms with E-state index in [0.29, 0.717) is 0 Å². The third kappa shape index (κ3) is 18.7. The van der Waals surface area contributed by atoms with Crippen molar-refractivity contribution < 1.29 is 140 Å². The van der Waals surface area contributed by atoms with Crippen molar-refractivity contribution in [2.24, 2.45) is 0 Å². The maximum atomic E-state index is 13.2. The van der Waals surface area contributed by atoms with Gasteiger partial charge in [-0.1, -0.05) is 0 Å². The lowest BCUT2D eigenvalue weighted by Crippen LogP contribution is -2.67. The number of carbonyl (C=O) groups is 10. The van der Waals surface area contributed by atoms with Crippen molar-refractivity contribution in [2.75, 3.05) is 39.5 Å². The number of esters is 6. The topological polar surface area (TPSA) is 460 Å². The second-order valence-electron chi connectivity index (χ2n) is 17.8. The smallest absolute Gasteiger partial charge is 0.303 e. The van der Waals surface area contributed by atoms with E-state index in [9.17, 15) is 78.6 Å². The molecule has 33 heteroatoms. The van der Waals surface area contributed by atoms with E-state index in [4.69, 9.17) is 61.6 Å². The van der Waals surface area contributed by atoms with Gasteiger partial charge >= 0.3 is 35.8 Å². The predicted molar refractivity (Wildman–Crippen MR) is 240 cm³/mol. The molecule has 10 N–H and O–H groups in total. The SMILES string of the molecule is CC(=O)N[C@H]1[C@H](OCC(=O)NC[C@H]2O[C@H](O[C@H]3O[C@H](CNC(=O)CO[C@@H]4O[C@H](COC(C)=O)[C@@H](OC(C)=O)[C@H](OC(C)=O)[C@H]4NC(C)=O)[C@@H](O)[C@H](O)[C@H]3O)[C@H](O)[C@@H](O)[C@@H]2O)O[C@H](COC(C)=O)[C@@H](OC(C)=O)[C@@H]1OC(C)=O. The molecule has 0 aromatic carbocycles. The Balaban J connectivity index is 1.40. The highest BCUT2D eigenvalue weighted by atomic mass is 16.8. The summed E-state index contributed by atoms with van der Waals surface area (Å²) in [6.07, 6.45) is -31.3. The van der Waals surface area contributed by atoms with Gasteiger partial charge in [0.15, 0.2) is 49.6 Å². The van der Waals surface area contributed by atoms with Gasteiger partial charge in [-0.15, -0.1) is 0 Å². The van der Waals surface area contributed by atoms with Crippen molar-refractivity contribution in [3.05, 3.63) is 0 Å². The van der Waals surface area contributed by atoms with Gasteiger partial charge in [-0.05, 0) is 0 Å². The highest BCUT2D eigenvalue weighted by Crippen LogP contribution is 2.31. The number of amides is 4. The Bertz CT molecular complexity index is 1960. The number of ether oxygens (including phenoxy) is 13. The largest absolute Gasteiger partial charge is 0.463 e. The van der Waals surface area contributed by atoms with E-state index in [1.54, 1.807) is 0 Å². The Morgan fingerprint density at radius 3 is 1.00 bits per heavy atom. The van der Waals surface area contributed by atoms with Gasteiger partial charge in [0.2, 0.25) is 23.6 Å². The normalized spacial score (nSPS) is 34.9. The van der Waals surface area contributed by atoms with Crippen LogP contribution in [0.3, 0.4) is 0 Å².